The van der Waals surface area contributed by atoms with Crippen molar-refractivity contribution in [3.05, 3.63) is 30.0 Å². The number of benzene rings is 1. The van der Waals surface area contributed by atoms with Crippen LogP contribution in [0.4, 0.5) is 10.1 Å². The van der Waals surface area contributed by atoms with Gasteiger partial charge < -0.3 is 19.6 Å². The van der Waals surface area contributed by atoms with Gasteiger partial charge in [-0.05, 0) is 69.8 Å². The monoisotopic (exact) mass is 517 g/mol. The minimum atomic E-state index is -1.29. The molecule has 2 aromatic rings. The molecule has 0 bridgehead atoms. The third kappa shape index (κ3) is 6.08. The van der Waals surface area contributed by atoms with E-state index in [1.165, 1.54) is 25.7 Å². The topological polar surface area (TPSA) is 65.9 Å². The van der Waals surface area contributed by atoms with Crippen molar-refractivity contribution in [3.63, 3.8) is 0 Å². The molecule has 0 unspecified atom stereocenters. The fourth-order valence-corrected chi connectivity index (χ4v) is 7.08. The van der Waals surface area contributed by atoms with Crippen molar-refractivity contribution in [1.82, 2.24) is 9.88 Å². The highest BCUT2D eigenvalue weighted by atomic mass is 32.2. The number of rotatable bonds is 11. The van der Waals surface area contributed by atoms with Crippen LogP contribution in [0.2, 0.25) is 0 Å². The molecule has 198 valence electrons. The second-order valence-electron chi connectivity index (χ2n) is 10.5. The van der Waals surface area contributed by atoms with Crippen LogP contribution in [0.5, 0.6) is 5.75 Å². The van der Waals surface area contributed by atoms with E-state index in [9.17, 15) is 9.90 Å². The van der Waals surface area contributed by atoms with Gasteiger partial charge in [0.1, 0.15) is 11.9 Å². The molecule has 0 spiro atoms. The number of carboxylic acids is 1. The molecule has 1 N–H and O–H groups in total. The first-order valence-electron chi connectivity index (χ1n) is 13.2. The molecule has 1 aliphatic heterocycles. The van der Waals surface area contributed by atoms with Gasteiger partial charge in [0, 0.05) is 42.6 Å². The fraction of sp³-hybridized carbons (Fsp3) is 0.643. The Kier molecular flexibility index (Phi) is 8.99. The quantitative estimate of drug-likeness (QED) is 0.395. The number of nitrogens with zero attached hydrogens (tertiary/aromatic N) is 3. The number of halogens is 1. The number of aromatic nitrogens is 1. The molecule has 4 rings (SSSR count). The molecular formula is C28H40FN3O3S. The molecule has 1 saturated carbocycles. The first kappa shape index (κ1) is 27.0. The molecule has 6 nitrogen and oxygen atoms in total. The van der Waals surface area contributed by atoms with Gasteiger partial charge in [-0.2, -0.15) is 11.8 Å². The standard InChI is InChI=1S/C28H40FN3O3S/c1-31(2)25-19-30-24-9-8-20(35-3)18-22(24)26(25)23(29)10-11-28(27(33)34)12-14-32(15-13-28)16-17-36-21-6-4-5-7-21/h8-9,18-19,21,23H,4-7,10-17H2,1-3H3,(H,33,34)/t23-/m0/s1. The van der Waals surface area contributed by atoms with Crippen molar-refractivity contribution in [2.75, 3.05) is 51.5 Å². The normalized spacial score (nSPS) is 19.4. The Hall–Kier alpha value is -2.06. The largest absolute Gasteiger partial charge is 0.497 e. The Morgan fingerprint density at radius 1 is 1.31 bits per heavy atom. The molecule has 1 aliphatic carbocycles. The summed E-state index contributed by atoms with van der Waals surface area (Å²) in [6, 6.07) is 5.48. The van der Waals surface area contributed by atoms with E-state index < -0.39 is 17.6 Å². The Morgan fingerprint density at radius 2 is 2.03 bits per heavy atom. The maximum absolute atomic E-state index is 16.0. The van der Waals surface area contributed by atoms with Gasteiger partial charge in [0.05, 0.1) is 29.9 Å². The molecule has 2 heterocycles. The number of carbonyl (C=O) groups is 1. The number of pyridine rings is 1. The lowest BCUT2D eigenvalue weighted by Crippen LogP contribution is -2.45. The molecule has 0 radical (unpaired) electrons. The minimum Gasteiger partial charge on any atom is -0.497 e. The molecule has 2 aliphatic rings. The summed E-state index contributed by atoms with van der Waals surface area (Å²) in [5, 5.41) is 11.7. The second-order valence-corrected chi connectivity index (χ2v) is 12.0. The van der Waals surface area contributed by atoms with Gasteiger partial charge in [-0.25, -0.2) is 4.39 Å². The number of hydrogen-bond donors (Lipinski definition) is 1. The van der Waals surface area contributed by atoms with E-state index in [4.69, 9.17) is 4.74 Å². The van der Waals surface area contributed by atoms with Crippen LogP contribution in [0.25, 0.3) is 10.9 Å². The summed E-state index contributed by atoms with van der Waals surface area (Å²) in [6.45, 7) is 2.55. The van der Waals surface area contributed by atoms with E-state index in [1.54, 1.807) is 13.3 Å². The van der Waals surface area contributed by atoms with Crippen LogP contribution >= 0.6 is 11.8 Å². The average molecular weight is 518 g/mol. The highest BCUT2D eigenvalue weighted by Crippen LogP contribution is 2.43. The molecule has 36 heavy (non-hydrogen) atoms. The van der Waals surface area contributed by atoms with E-state index in [0.29, 0.717) is 47.2 Å². The molecule has 2 fully saturated rings. The molecule has 0 amide bonds. The van der Waals surface area contributed by atoms with Crippen molar-refractivity contribution in [3.8, 4) is 5.75 Å². The number of likely N-dealkylation sites (tertiary alicyclic amines) is 1. The van der Waals surface area contributed by atoms with Crippen LogP contribution in [-0.4, -0.2) is 72.8 Å². The molecule has 1 aromatic carbocycles. The zero-order chi connectivity index (χ0) is 25.7. The first-order chi connectivity index (χ1) is 17.3. The van der Waals surface area contributed by atoms with Gasteiger partial charge >= 0.3 is 5.97 Å². The predicted octanol–water partition coefficient (Wildman–Crippen LogP) is 5.94. The fourth-order valence-electron chi connectivity index (χ4n) is 5.72. The molecular weight excluding hydrogens is 477 g/mol. The maximum Gasteiger partial charge on any atom is 0.309 e. The minimum absolute atomic E-state index is 0.168. The molecule has 1 saturated heterocycles. The smallest absolute Gasteiger partial charge is 0.309 e. The van der Waals surface area contributed by atoms with Gasteiger partial charge in [-0.15, -0.1) is 0 Å². The number of ether oxygens (including phenoxy) is 1. The predicted molar refractivity (Wildman–Crippen MR) is 146 cm³/mol. The number of hydrogen-bond acceptors (Lipinski definition) is 6. The van der Waals surface area contributed by atoms with Crippen LogP contribution < -0.4 is 9.64 Å². The number of aliphatic carboxylic acids is 1. The molecule has 1 aromatic heterocycles. The van der Waals surface area contributed by atoms with E-state index in [-0.39, 0.29) is 6.42 Å². The lowest BCUT2D eigenvalue weighted by atomic mass is 9.74. The number of methoxy groups -OCH3 is 1. The molecule has 8 heteroatoms. The summed E-state index contributed by atoms with van der Waals surface area (Å²) in [4.78, 5) is 21.2. The number of piperidine rings is 1. The van der Waals surface area contributed by atoms with Crippen LogP contribution in [0, 0.1) is 5.41 Å². The maximum atomic E-state index is 16.0. The van der Waals surface area contributed by atoms with Crippen molar-refractivity contribution in [2.45, 2.75) is 62.8 Å². The zero-order valence-corrected chi connectivity index (χ0v) is 22.7. The van der Waals surface area contributed by atoms with Crippen LogP contribution in [-0.2, 0) is 4.79 Å². The van der Waals surface area contributed by atoms with Crippen molar-refractivity contribution < 1.29 is 19.0 Å². The summed E-state index contributed by atoms with van der Waals surface area (Å²) in [6.07, 6.45) is 7.45. The highest BCUT2D eigenvalue weighted by molar-refractivity contribution is 7.99. The highest BCUT2D eigenvalue weighted by Gasteiger charge is 2.42. The Morgan fingerprint density at radius 3 is 2.67 bits per heavy atom. The van der Waals surface area contributed by atoms with Gasteiger partial charge in [0.2, 0.25) is 0 Å². The Bertz CT molecular complexity index is 1040. The number of fused-ring (bicyclic) bond motifs is 1. The number of carboxylic acid groups (broad SMARTS) is 1. The lowest BCUT2D eigenvalue weighted by Gasteiger charge is -2.39. The van der Waals surface area contributed by atoms with Gasteiger partial charge in [-0.1, -0.05) is 12.8 Å². The third-order valence-electron chi connectivity index (χ3n) is 8.10. The van der Waals surface area contributed by atoms with E-state index in [2.05, 4.69) is 21.6 Å². The summed E-state index contributed by atoms with van der Waals surface area (Å²) in [7, 11) is 5.34. The summed E-state index contributed by atoms with van der Waals surface area (Å²) >= 11 is 2.08. The Balaban J connectivity index is 1.42. The number of alkyl halides is 1. The van der Waals surface area contributed by atoms with Crippen molar-refractivity contribution >= 4 is 34.3 Å². The Labute approximate surface area is 218 Å². The van der Waals surface area contributed by atoms with Gasteiger partial charge in [0.15, 0.2) is 0 Å². The number of thioether (sulfide) groups is 1. The third-order valence-corrected chi connectivity index (χ3v) is 9.46. The van der Waals surface area contributed by atoms with Crippen LogP contribution in [0.15, 0.2) is 24.4 Å². The summed E-state index contributed by atoms with van der Waals surface area (Å²) < 4.78 is 21.4. The van der Waals surface area contributed by atoms with Crippen molar-refractivity contribution in [2.24, 2.45) is 5.41 Å². The van der Waals surface area contributed by atoms with Crippen LogP contribution in [0.3, 0.4) is 0 Å². The first-order valence-corrected chi connectivity index (χ1v) is 14.2. The lowest BCUT2D eigenvalue weighted by molar-refractivity contribution is -0.153. The SMILES string of the molecule is COc1ccc2ncc(N(C)C)c([C@@H](F)CCC3(C(=O)O)CCN(CCSC4CCCC4)CC3)c2c1. The molecule has 1 atom stereocenters. The summed E-state index contributed by atoms with van der Waals surface area (Å²) in [5.74, 6) is 0.973. The van der Waals surface area contributed by atoms with E-state index in [0.717, 1.165) is 30.6 Å². The van der Waals surface area contributed by atoms with E-state index in [1.807, 2.05) is 37.2 Å². The van der Waals surface area contributed by atoms with Gasteiger partial charge in [-0.3, -0.25) is 9.78 Å². The average Bonchev–Trinajstić information content (AvgIpc) is 3.40. The van der Waals surface area contributed by atoms with Crippen molar-refractivity contribution in [1.29, 1.82) is 0 Å². The zero-order valence-electron chi connectivity index (χ0n) is 21.8. The second kappa shape index (κ2) is 12.0. The van der Waals surface area contributed by atoms with Gasteiger partial charge in [0.25, 0.3) is 0 Å². The van der Waals surface area contributed by atoms with Crippen LogP contribution in [0.1, 0.15) is 63.1 Å². The summed E-state index contributed by atoms with van der Waals surface area (Å²) in [5.41, 5.74) is 1.11. The van der Waals surface area contributed by atoms with E-state index >= 15 is 4.39 Å². The number of anilines is 1.